The van der Waals surface area contributed by atoms with E-state index in [1.54, 1.807) is 6.26 Å². The van der Waals surface area contributed by atoms with Crippen LogP contribution in [-0.2, 0) is 12.8 Å². The average molecular weight is 321 g/mol. The Labute approximate surface area is 142 Å². The fourth-order valence-electron chi connectivity index (χ4n) is 4.10. The molecule has 4 rings (SSSR count). The molecule has 0 bridgehead atoms. The van der Waals surface area contributed by atoms with E-state index in [9.17, 15) is 5.26 Å². The number of fused-ring (bicyclic) bond motifs is 1. The van der Waals surface area contributed by atoms with Crippen LogP contribution < -0.4 is 5.32 Å². The van der Waals surface area contributed by atoms with E-state index in [0.29, 0.717) is 6.04 Å². The van der Waals surface area contributed by atoms with Crippen LogP contribution in [0.1, 0.15) is 61.6 Å². The lowest BCUT2D eigenvalue weighted by molar-refractivity contribution is 0.461. The van der Waals surface area contributed by atoms with Crippen LogP contribution in [0.4, 0.5) is 5.82 Å². The van der Waals surface area contributed by atoms with Crippen LogP contribution in [0.3, 0.4) is 0 Å². The topological polar surface area (TPSA) is 61.9 Å². The Kier molecular flexibility index (Phi) is 4.25. The Bertz CT molecular complexity index is 752. The lowest BCUT2D eigenvalue weighted by Crippen LogP contribution is -2.24. The number of furan rings is 1. The lowest BCUT2D eigenvalue weighted by Gasteiger charge is -2.26. The number of aromatic nitrogens is 1. The van der Waals surface area contributed by atoms with Gasteiger partial charge >= 0.3 is 0 Å². The molecule has 124 valence electrons. The second kappa shape index (κ2) is 6.68. The van der Waals surface area contributed by atoms with Crippen molar-refractivity contribution >= 4 is 5.82 Å². The third-order valence-corrected chi connectivity index (χ3v) is 5.33. The summed E-state index contributed by atoms with van der Waals surface area (Å²) in [6, 6.07) is 6.73. The highest BCUT2D eigenvalue weighted by atomic mass is 16.3. The smallest absolute Gasteiger partial charge is 0.152 e. The molecule has 4 nitrogen and oxygen atoms in total. The molecule has 0 amide bonds. The van der Waals surface area contributed by atoms with Crippen LogP contribution in [-0.4, -0.2) is 11.0 Å². The van der Waals surface area contributed by atoms with Crippen molar-refractivity contribution in [2.75, 3.05) is 5.32 Å². The highest BCUT2D eigenvalue weighted by molar-refractivity contribution is 5.69. The first kappa shape index (κ1) is 15.3. The molecule has 0 atom stereocenters. The maximum Gasteiger partial charge on any atom is 0.152 e. The Balaban J connectivity index is 1.80. The van der Waals surface area contributed by atoms with E-state index in [1.165, 1.54) is 43.2 Å². The van der Waals surface area contributed by atoms with Crippen molar-refractivity contribution in [1.29, 1.82) is 5.26 Å². The molecule has 2 aliphatic rings. The van der Waals surface area contributed by atoms with Crippen molar-refractivity contribution in [1.82, 2.24) is 4.98 Å². The van der Waals surface area contributed by atoms with Crippen LogP contribution >= 0.6 is 0 Å². The summed E-state index contributed by atoms with van der Waals surface area (Å²) >= 11 is 0. The van der Waals surface area contributed by atoms with Gasteiger partial charge in [0.1, 0.15) is 17.6 Å². The molecule has 1 saturated carbocycles. The maximum absolute atomic E-state index is 9.77. The number of nitriles is 1. The zero-order valence-electron chi connectivity index (χ0n) is 14.0. The van der Waals surface area contributed by atoms with Crippen molar-refractivity contribution in [2.45, 2.75) is 63.8 Å². The minimum atomic E-state index is 0.435. The molecule has 2 aromatic heterocycles. The van der Waals surface area contributed by atoms with Crippen LogP contribution in [0.25, 0.3) is 11.5 Å². The molecular formula is C20H23N3O. The molecule has 0 spiro atoms. The zero-order chi connectivity index (χ0) is 16.4. The second-order valence-corrected chi connectivity index (χ2v) is 6.92. The van der Waals surface area contributed by atoms with Gasteiger partial charge in [-0.1, -0.05) is 19.3 Å². The third-order valence-electron chi connectivity index (χ3n) is 5.33. The molecule has 1 N–H and O–H groups in total. The Morgan fingerprint density at radius 3 is 2.58 bits per heavy atom. The van der Waals surface area contributed by atoms with Gasteiger partial charge in [0.25, 0.3) is 0 Å². The summed E-state index contributed by atoms with van der Waals surface area (Å²) < 4.78 is 5.63. The molecule has 0 radical (unpaired) electrons. The number of hydrogen-bond donors (Lipinski definition) is 1. The number of anilines is 1. The van der Waals surface area contributed by atoms with E-state index in [2.05, 4.69) is 11.4 Å². The molecular weight excluding hydrogens is 298 g/mol. The van der Waals surface area contributed by atoms with Gasteiger partial charge in [-0.25, -0.2) is 4.98 Å². The number of nitrogens with one attached hydrogen (secondary N) is 1. The molecule has 0 aliphatic heterocycles. The summed E-state index contributed by atoms with van der Waals surface area (Å²) in [4.78, 5) is 4.87. The van der Waals surface area contributed by atoms with Crippen molar-refractivity contribution < 1.29 is 4.42 Å². The quantitative estimate of drug-likeness (QED) is 0.879. The van der Waals surface area contributed by atoms with Crippen LogP contribution in [0.2, 0.25) is 0 Å². The average Bonchev–Trinajstić information content (AvgIpc) is 3.16. The molecule has 1 fully saturated rings. The summed E-state index contributed by atoms with van der Waals surface area (Å²) in [5.74, 6) is 1.57. The highest BCUT2D eigenvalue weighted by Gasteiger charge is 2.25. The van der Waals surface area contributed by atoms with Crippen molar-refractivity contribution in [3.63, 3.8) is 0 Å². The number of pyridine rings is 1. The van der Waals surface area contributed by atoms with Gasteiger partial charge in [0.05, 0.1) is 11.8 Å². The molecule has 0 aromatic carbocycles. The number of rotatable bonds is 3. The van der Waals surface area contributed by atoms with Gasteiger partial charge in [-0.05, 0) is 61.8 Å². The molecule has 4 heteroatoms. The van der Waals surface area contributed by atoms with E-state index in [1.807, 2.05) is 12.1 Å². The molecule has 2 aromatic rings. The van der Waals surface area contributed by atoms with E-state index in [4.69, 9.17) is 9.40 Å². The summed E-state index contributed by atoms with van der Waals surface area (Å²) in [7, 11) is 0. The first-order chi connectivity index (χ1) is 11.9. The molecule has 0 saturated heterocycles. The summed E-state index contributed by atoms with van der Waals surface area (Å²) in [5, 5.41) is 13.3. The Morgan fingerprint density at radius 2 is 1.88 bits per heavy atom. The first-order valence-corrected chi connectivity index (χ1v) is 9.13. The zero-order valence-corrected chi connectivity index (χ0v) is 14.0. The molecule has 2 heterocycles. The Hall–Kier alpha value is -2.28. The third kappa shape index (κ3) is 2.80. The minimum Gasteiger partial charge on any atom is -0.463 e. The van der Waals surface area contributed by atoms with Gasteiger partial charge in [0, 0.05) is 6.04 Å². The van der Waals surface area contributed by atoms with Gasteiger partial charge in [-0.15, -0.1) is 0 Å². The minimum absolute atomic E-state index is 0.435. The molecule has 0 unspecified atom stereocenters. The summed E-state index contributed by atoms with van der Waals surface area (Å²) in [6.07, 6.45) is 12.1. The number of hydrogen-bond acceptors (Lipinski definition) is 4. The van der Waals surface area contributed by atoms with Crippen LogP contribution in [0, 0.1) is 11.3 Å². The Morgan fingerprint density at radius 1 is 1.08 bits per heavy atom. The van der Waals surface area contributed by atoms with E-state index in [0.717, 1.165) is 48.5 Å². The van der Waals surface area contributed by atoms with E-state index < -0.39 is 0 Å². The summed E-state index contributed by atoms with van der Waals surface area (Å²) in [5.41, 5.74) is 4.07. The van der Waals surface area contributed by atoms with Gasteiger partial charge in [-0.2, -0.15) is 5.26 Å². The van der Waals surface area contributed by atoms with Crippen molar-refractivity contribution in [2.24, 2.45) is 0 Å². The maximum atomic E-state index is 9.77. The standard InChI is InChI=1S/C20H23N3O/c21-13-17-15-9-4-5-10-16(15)19(18-11-6-12-24-18)23-20(17)22-14-7-2-1-3-8-14/h6,11-12,14H,1-5,7-10H2,(H,22,23). The van der Waals surface area contributed by atoms with Gasteiger partial charge in [-0.3, -0.25) is 0 Å². The number of nitrogens with zero attached hydrogens (tertiary/aromatic N) is 2. The summed E-state index contributed by atoms with van der Waals surface area (Å²) in [6.45, 7) is 0. The van der Waals surface area contributed by atoms with E-state index in [-0.39, 0.29) is 0 Å². The fraction of sp³-hybridized carbons (Fsp3) is 0.500. The largest absolute Gasteiger partial charge is 0.463 e. The monoisotopic (exact) mass is 321 g/mol. The highest BCUT2D eigenvalue weighted by Crippen LogP contribution is 2.36. The van der Waals surface area contributed by atoms with Gasteiger partial charge < -0.3 is 9.73 Å². The lowest BCUT2D eigenvalue weighted by atomic mass is 9.87. The predicted octanol–water partition coefficient (Wildman–Crippen LogP) is 4.84. The fourth-order valence-corrected chi connectivity index (χ4v) is 4.10. The van der Waals surface area contributed by atoms with Gasteiger partial charge in [0.2, 0.25) is 0 Å². The van der Waals surface area contributed by atoms with Crippen molar-refractivity contribution in [3.8, 4) is 17.5 Å². The van der Waals surface area contributed by atoms with Gasteiger partial charge in [0.15, 0.2) is 5.76 Å². The van der Waals surface area contributed by atoms with Crippen LogP contribution in [0.15, 0.2) is 22.8 Å². The second-order valence-electron chi connectivity index (χ2n) is 6.92. The first-order valence-electron chi connectivity index (χ1n) is 9.13. The SMILES string of the molecule is N#Cc1c(NC2CCCCC2)nc(-c2ccco2)c2c1CCCC2. The predicted molar refractivity (Wildman–Crippen MR) is 93.8 cm³/mol. The van der Waals surface area contributed by atoms with Crippen LogP contribution in [0.5, 0.6) is 0 Å². The van der Waals surface area contributed by atoms with Crippen molar-refractivity contribution in [3.05, 3.63) is 35.1 Å². The molecule has 24 heavy (non-hydrogen) atoms. The normalized spacial score (nSPS) is 18.0. The molecule has 2 aliphatic carbocycles. The van der Waals surface area contributed by atoms with E-state index >= 15 is 0 Å².